The third kappa shape index (κ3) is 4.20. The fourth-order valence-electron chi connectivity index (χ4n) is 4.11. The molecule has 0 bridgehead atoms. The Kier molecular flexibility index (Phi) is 6.09. The number of carbonyl (C=O) groups excluding carboxylic acids is 1. The van der Waals surface area contributed by atoms with Gasteiger partial charge in [-0.3, -0.25) is 4.79 Å². The number of ether oxygens (including phenoxy) is 2. The Balaban J connectivity index is 0.00000231. The fourth-order valence-corrected chi connectivity index (χ4v) is 4.11. The molecule has 2 atom stereocenters. The van der Waals surface area contributed by atoms with Gasteiger partial charge < -0.3 is 24.7 Å². The summed E-state index contributed by atoms with van der Waals surface area (Å²) in [6.45, 7) is 2.93. The third-order valence-corrected chi connectivity index (χ3v) is 5.72. The van der Waals surface area contributed by atoms with Crippen molar-refractivity contribution in [2.45, 2.75) is 12.2 Å². The van der Waals surface area contributed by atoms with Crippen LogP contribution in [-0.2, 0) is 4.79 Å². The lowest BCUT2D eigenvalue weighted by atomic mass is 10.0. The molecule has 1 fully saturated rings. The lowest BCUT2D eigenvalue weighted by Crippen LogP contribution is -2.54. The van der Waals surface area contributed by atoms with Gasteiger partial charge in [-0.1, -0.05) is 60.7 Å². The van der Waals surface area contributed by atoms with Crippen molar-refractivity contribution in [3.63, 3.8) is 0 Å². The van der Waals surface area contributed by atoms with Crippen molar-refractivity contribution in [2.75, 3.05) is 31.1 Å². The number of hydrogen-bond donors (Lipinski definition) is 0. The Hall–Kier alpha value is -3.51. The molecule has 0 radical (unpaired) electrons. The first-order valence-corrected chi connectivity index (χ1v) is 10.4. The Bertz CT molecular complexity index is 1000. The molecule has 0 saturated carbocycles. The standard InChI is InChI=1S/C25H24N2O3.H2O/c28-25(27-17-15-26(16-18-27)20-11-5-2-6-12-20)24-23(19-9-3-1-4-10-19)29-21-13-7-8-14-22(21)30-24;/h1-14,23-24H,15-18H2;1H2. The van der Waals surface area contributed by atoms with E-state index in [4.69, 9.17) is 9.47 Å². The summed E-state index contributed by atoms with van der Waals surface area (Å²) in [5.74, 6) is 1.27. The minimum Gasteiger partial charge on any atom is -0.477 e. The zero-order valence-corrected chi connectivity index (χ0v) is 17.2. The van der Waals surface area contributed by atoms with E-state index >= 15 is 0 Å². The highest BCUT2D eigenvalue weighted by molar-refractivity contribution is 5.83. The van der Waals surface area contributed by atoms with E-state index in [2.05, 4.69) is 17.0 Å². The molecule has 3 aromatic rings. The average Bonchev–Trinajstić information content (AvgIpc) is 2.84. The minimum atomic E-state index is -0.703. The van der Waals surface area contributed by atoms with E-state index in [0.29, 0.717) is 24.6 Å². The third-order valence-electron chi connectivity index (χ3n) is 5.72. The Labute approximate surface area is 181 Å². The summed E-state index contributed by atoms with van der Waals surface area (Å²) in [6.07, 6.45) is -1.17. The van der Waals surface area contributed by atoms with Crippen LogP contribution in [-0.4, -0.2) is 48.6 Å². The number of nitrogens with zero attached hydrogens (tertiary/aromatic N) is 2. The van der Waals surface area contributed by atoms with Crippen molar-refractivity contribution < 1.29 is 19.7 Å². The Morgan fingerprint density at radius 1 is 0.710 bits per heavy atom. The van der Waals surface area contributed by atoms with Gasteiger partial charge in [0, 0.05) is 31.9 Å². The van der Waals surface area contributed by atoms with E-state index < -0.39 is 12.2 Å². The van der Waals surface area contributed by atoms with Gasteiger partial charge in [0.2, 0.25) is 6.10 Å². The molecule has 2 aliphatic heterocycles. The molecule has 6 heteroatoms. The van der Waals surface area contributed by atoms with Crippen molar-refractivity contribution >= 4 is 11.6 Å². The normalized spacial score (nSPS) is 20.0. The highest BCUT2D eigenvalue weighted by Crippen LogP contribution is 2.39. The molecule has 2 heterocycles. The molecule has 2 unspecified atom stereocenters. The van der Waals surface area contributed by atoms with Crippen LogP contribution in [0.5, 0.6) is 11.5 Å². The molecule has 2 aliphatic rings. The van der Waals surface area contributed by atoms with Crippen molar-refractivity contribution in [2.24, 2.45) is 0 Å². The van der Waals surface area contributed by atoms with E-state index in [0.717, 1.165) is 18.7 Å². The molecule has 0 spiro atoms. The van der Waals surface area contributed by atoms with Crippen molar-refractivity contribution in [1.82, 2.24) is 4.90 Å². The van der Waals surface area contributed by atoms with Gasteiger partial charge in [0.25, 0.3) is 5.91 Å². The highest BCUT2D eigenvalue weighted by atomic mass is 16.6. The number of para-hydroxylation sites is 3. The maximum atomic E-state index is 13.5. The molecule has 3 aromatic carbocycles. The molecule has 5 rings (SSSR count). The van der Waals surface area contributed by atoms with Crippen LogP contribution in [0.1, 0.15) is 11.7 Å². The van der Waals surface area contributed by atoms with E-state index in [1.54, 1.807) is 0 Å². The minimum absolute atomic E-state index is 0. The number of fused-ring (bicyclic) bond motifs is 1. The average molecular weight is 418 g/mol. The van der Waals surface area contributed by atoms with Crippen molar-refractivity contribution in [3.05, 3.63) is 90.5 Å². The maximum absolute atomic E-state index is 13.5. The lowest BCUT2D eigenvalue weighted by Gasteiger charge is -2.40. The second-order valence-electron chi connectivity index (χ2n) is 7.58. The second-order valence-corrected chi connectivity index (χ2v) is 7.58. The number of piperazine rings is 1. The summed E-state index contributed by atoms with van der Waals surface area (Å²) in [4.78, 5) is 17.7. The van der Waals surface area contributed by atoms with Gasteiger partial charge in [0.05, 0.1) is 0 Å². The summed E-state index contributed by atoms with van der Waals surface area (Å²) in [5, 5.41) is 0. The van der Waals surface area contributed by atoms with Crippen molar-refractivity contribution in [3.8, 4) is 11.5 Å². The molecule has 1 amide bonds. The van der Waals surface area contributed by atoms with E-state index in [9.17, 15) is 4.79 Å². The molecule has 160 valence electrons. The molecule has 0 aromatic heterocycles. The number of hydrogen-bond acceptors (Lipinski definition) is 4. The zero-order chi connectivity index (χ0) is 20.3. The first-order chi connectivity index (χ1) is 14.8. The maximum Gasteiger partial charge on any atom is 0.268 e. The van der Waals surface area contributed by atoms with Crippen LogP contribution < -0.4 is 14.4 Å². The van der Waals surface area contributed by atoms with Crippen LogP contribution >= 0.6 is 0 Å². The number of carbonyl (C=O) groups is 1. The van der Waals surface area contributed by atoms with Gasteiger partial charge in [-0.15, -0.1) is 0 Å². The zero-order valence-electron chi connectivity index (χ0n) is 17.2. The van der Waals surface area contributed by atoms with Gasteiger partial charge in [-0.25, -0.2) is 0 Å². The SMILES string of the molecule is O.O=C(C1Oc2ccccc2OC1c1ccccc1)N1CCN(c2ccccc2)CC1. The molecule has 1 saturated heterocycles. The molecule has 6 nitrogen and oxygen atoms in total. The summed E-state index contributed by atoms with van der Waals surface area (Å²) in [6, 6.07) is 27.7. The summed E-state index contributed by atoms with van der Waals surface area (Å²) >= 11 is 0. The van der Waals surface area contributed by atoms with Gasteiger partial charge >= 0.3 is 0 Å². The van der Waals surface area contributed by atoms with E-state index in [-0.39, 0.29) is 11.4 Å². The van der Waals surface area contributed by atoms with Crippen LogP contribution in [0.2, 0.25) is 0 Å². The van der Waals surface area contributed by atoms with Gasteiger partial charge in [0.1, 0.15) is 0 Å². The molecular formula is C25H26N2O4. The van der Waals surface area contributed by atoms with Gasteiger partial charge in [0.15, 0.2) is 17.6 Å². The first-order valence-electron chi connectivity index (χ1n) is 10.4. The number of rotatable bonds is 3. The van der Waals surface area contributed by atoms with Gasteiger partial charge in [-0.2, -0.15) is 0 Å². The van der Waals surface area contributed by atoms with Crippen LogP contribution in [0.3, 0.4) is 0 Å². The summed E-state index contributed by atoms with van der Waals surface area (Å²) in [5.41, 5.74) is 2.13. The van der Waals surface area contributed by atoms with E-state index in [1.165, 1.54) is 5.69 Å². The topological polar surface area (TPSA) is 73.5 Å². The molecule has 0 aliphatic carbocycles. The van der Waals surface area contributed by atoms with Crippen LogP contribution in [0.15, 0.2) is 84.9 Å². The van der Waals surface area contributed by atoms with Gasteiger partial charge in [-0.05, 0) is 29.8 Å². The summed E-state index contributed by atoms with van der Waals surface area (Å²) in [7, 11) is 0. The monoisotopic (exact) mass is 418 g/mol. The predicted octanol–water partition coefficient (Wildman–Crippen LogP) is 3.09. The second kappa shape index (κ2) is 9.10. The van der Waals surface area contributed by atoms with E-state index in [1.807, 2.05) is 77.7 Å². The highest BCUT2D eigenvalue weighted by Gasteiger charge is 2.41. The van der Waals surface area contributed by atoms with Crippen LogP contribution in [0, 0.1) is 0 Å². The Morgan fingerprint density at radius 3 is 1.90 bits per heavy atom. The summed E-state index contributed by atoms with van der Waals surface area (Å²) < 4.78 is 12.4. The van der Waals surface area contributed by atoms with Crippen LogP contribution in [0.25, 0.3) is 0 Å². The van der Waals surface area contributed by atoms with Crippen molar-refractivity contribution in [1.29, 1.82) is 0 Å². The smallest absolute Gasteiger partial charge is 0.268 e. The first kappa shape index (κ1) is 20.8. The largest absolute Gasteiger partial charge is 0.477 e. The quantitative estimate of drug-likeness (QED) is 0.655. The Morgan fingerprint density at radius 2 is 1.26 bits per heavy atom. The number of amides is 1. The fraction of sp³-hybridized carbons (Fsp3) is 0.240. The predicted molar refractivity (Wildman–Crippen MR) is 120 cm³/mol. The number of anilines is 1. The lowest BCUT2D eigenvalue weighted by molar-refractivity contribution is -0.145. The molecular weight excluding hydrogens is 392 g/mol. The number of benzene rings is 3. The van der Waals surface area contributed by atoms with Crippen LogP contribution in [0.4, 0.5) is 5.69 Å². The molecule has 2 N–H and O–H groups in total. The molecule has 31 heavy (non-hydrogen) atoms.